The van der Waals surface area contributed by atoms with Crippen LogP contribution in [0.4, 0.5) is 0 Å². The van der Waals surface area contributed by atoms with Gasteiger partial charge in [-0.3, -0.25) is 4.57 Å². The van der Waals surface area contributed by atoms with E-state index < -0.39 is 13.4 Å². The van der Waals surface area contributed by atoms with Crippen molar-refractivity contribution in [3.05, 3.63) is 0 Å². The molecule has 4 nitrogen and oxygen atoms in total. The molecule has 0 aromatic rings. The molecule has 0 saturated carbocycles. The smallest absolute Gasteiger partial charge is 0.323 e. The fraction of sp³-hybridized carbons (Fsp3) is 1.00. The Morgan fingerprint density at radius 3 is 2.27 bits per heavy atom. The Bertz CT molecular complexity index is 156. The number of rotatable bonds is 4. The molecule has 0 aliphatic rings. The molecule has 0 aromatic heterocycles. The van der Waals surface area contributed by atoms with Crippen molar-refractivity contribution >= 4 is 7.60 Å². The van der Waals surface area contributed by atoms with E-state index in [1.165, 1.54) is 0 Å². The van der Waals surface area contributed by atoms with Crippen LogP contribution in [0.1, 0.15) is 26.7 Å². The van der Waals surface area contributed by atoms with Crippen LogP contribution in [0.3, 0.4) is 0 Å². The molecule has 0 unspecified atom stereocenters. The molecule has 0 aliphatic heterocycles. The Kier molecular flexibility index (Phi) is 4.26. The summed E-state index contributed by atoms with van der Waals surface area (Å²) in [6, 6.07) is 0. The third-order valence-corrected chi connectivity index (χ3v) is 3.00. The van der Waals surface area contributed by atoms with Crippen molar-refractivity contribution in [2.75, 3.05) is 0 Å². The van der Waals surface area contributed by atoms with Crippen LogP contribution < -0.4 is 5.73 Å². The molecule has 11 heavy (non-hydrogen) atoms. The zero-order valence-corrected chi connectivity index (χ0v) is 7.79. The molecule has 2 atom stereocenters. The van der Waals surface area contributed by atoms with Gasteiger partial charge < -0.3 is 15.5 Å². The predicted molar refractivity (Wildman–Crippen MR) is 44.1 cm³/mol. The first-order chi connectivity index (χ1) is 4.89. The topological polar surface area (TPSA) is 83.6 Å². The van der Waals surface area contributed by atoms with Gasteiger partial charge in [-0.1, -0.05) is 20.3 Å². The third-order valence-electron chi connectivity index (χ3n) is 1.72. The molecule has 0 fully saturated rings. The standard InChI is InChI=1S/C6H16NO3P/c1-3-4-5(2)6(7)11(8,9)10/h5-6H,3-4,7H2,1-2H3,(H2,8,9,10)/t5-,6+/m0/s1. The predicted octanol–water partition coefficient (Wildman–Crippen LogP) is 0.885. The summed E-state index contributed by atoms with van der Waals surface area (Å²) in [5.74, 6) is -1.11. The fourth-order valence-corrected chi connectivity index (χ4v) is 1.77. The molecule has 0 aromatic carbocycles. The second kappa shape index (κ2) is 4.21. The second-order valence-corrected chi connectivity index (χ2v) is 4.62. The van der Waals surface area contributed by atoms with Crippen molar-refractivity contribution in [3.8, 4) is 0 Å². The minimum absolute atomic E-state index is 0.110. The first-order valence-electron chi connectivity index (χ1n) is 3.70. The van der Waals surface area contributed by atoms with Crippen molar-refractivity contribution in [1.82, 2.24) is 0 Å². The number of hydrogen-bond acceptors (Lipinski definition) is 2. The van der Waals surface area contributed by atoms with Gasteiger partial charge in [0.15, 0.2) is 0 Å². The van der Waals surface area contributed by atoms with E-state index in [0.717, 1.165) is 12.8 Å². The van der Waals surface area contributed by atoms with E-state index in [1.54, 1.807) is 6.92 Å². The highest BCUT2D eigenvalue weighted by Gasteiger charge is 2.29. The third kappa shape index (κ3) is 3.87. The van der Waals surface area contributed by atoms with Crippen molar-refractivity contribution in [3.63, 3.8) is 0 Å². The lowest BCUT2D eigenvalue weighted by molar-refractivity contribution is 0.333. The Balaban J connectivity index is 4.02. The molecule has 4 N–H and O–H groups in total. The van der Waals surface area contributed by atoms with Gasteiger partial charge in [0.25, 0.3) is 0 Å². The fourth-order valence-electron chi connectivity index (χ4n) is 0.958. The normalized spacial score (nSPS) is 17.9. The summed E-state index contributed by atoms with van der Waals surface area (Å²) < 4.78 is 10.6. The summed E-state index contributed by atoms with van der Waals surface area (Å²) in [6.45, 7) is 3.72. The maximum atomic E-state index is 10.6. The van der Waals surface area contributed by atoms with E-state index in [1.807, 2.05) is 6.92 Å². The van der Waals surface area contributed by atoms with Crippen LogP contribution in [0.25, 0.3) is 0 Å². The molecule has 0 aliphatic carbocycles. The molecular formula is C6H16NO3P. The lowest BCUT2D eigenvalue weighted by Gasteiger charge is -2.19. The summed E-state index contributed by atoms with van der Waals surface area (Å²) in [6.07, 6.45) is 1.65. The van der Waals surface area contributed by atoms with Gasteiger partial charge in [0.1, 0.15) is 5.78 Å². The van der Waals surface area contributed by atoms with Gasteiger partial charge in [-0.05, 0) is 12.3 Å². The van der Waals surface area contributed by atoms with Crippen molar-refractivity contribution in [2.24, 2.45) is 11.7 Å². The van der Waals surface area contributed by atoms with Gasteiger partial charge in [0.05, 0.1) is 0 Å². The van der Waals surface area contributed by atoms with Gasteiger partial charge in [-0.25, -0.2) is 0 Å². The first-order valence-corrected chi connectivity index (χ1v) is 5.38. The largest absolute Gasteiger partial charge is 0.342 e. The van der Waals surface area contributed by atoms with Gasteiger partial charge in [0.2, 0.25) is 0 Å². The summed E-state index contributed by atoms with van der Waals surface area (Å²) in [7, 11) is -4.06. The molecule has 0 spiro atoms. The lowest BCUT2D eigenvalue weighted by atomic mass is 10.1. The summed E-state index contributed by atoms with van der Waals surface area (Å²) in [4.78, 5) is 17.3. The Hall–Kier alpha value is 0.110. The SMILES string of the molecule is CCC[C@H](C)[C@H](N)P(=O)(O)O. The zero-order valence-electron chi connectivity index (χ0n) is 6.90. The highest BCUT2D eigenvalue weighted by molar-refractivity contribution is 7.52. The van der Waals surface area contributed by atoms with Crippen LogP contribution in [0, 0.1) is 5.92 Å². The van der Waals surface area contributed by atoms with Gasteiger partial charge >= 0.3 is 7.60 Å². The van der Waals surface area contributed by atoms with Crippen molar-refractivity contribution in [2.45, 2.75) is 32.5 Å². The molecule has 0 amide bonds. The van der Waals surface area contributed by atoms with E-state index in [0.29, 0.717) is 0 Å². The second-order valence-electron chi connectivity index (χ2n) is 2.85. The van der Waals surface area contributed by atoms with Gasteiger partial charge in [-0.2, -0.15) is 0 Å². The minimum atomic E-state index is -4.06. The monoisotopic (exact) mass is 181 g/mol. The Morgan fingerprint density at radius 1 is 1.55 bits per heavy atom. The molecule has 0 radical (unpaired) electrons. The molecular weight excluding hydrogens is 165 g/mol. The van der Waals surface area contributed by atoms with Crippen LogP contribution in [0.5, 0.6) is 0 Å². The summed E-state index contributed by atoms with van der Waals surface area (Å²) >= 11 is 0. The van der Waals surface area contributed by atoms with Crippen LogP contribution in [-0.2, 0) is 4.57 Å². The molecule has 68 valence electrons. The van der Waals surface area contributed by atoms with Gasteiger partial charge in [0, 0.05) is 0 Å². The quantitative estimate of drug-likeness (QED) is 0.562. The van der Waals surface area contributed by atoms with Crippen molar-refractivity contribution in [1.29, 1.82) is 0 Å². The average molecular weight is 181 g/mol. The van der Waals surface area contributed by atoms with Crippen LogP contribution in [0.15, 0.2) is 0 Å². The Morgan fingerprint density at radius 2 is 2.00 bits per heavy atom. The number of hydrogen-bond donors (Lipinski definition) is 3. The molecule has 5 heteroatoms. The zero-order chi connectivity index (χ0) is 9.07. The lowest BCUT2D eigenvalue weighted by Crippen LogP contribution is -2.27. The van der Waals surface area contributed by atoms with E-state index in [4.69, 9.17) is 15.5 Å². The van der Waals surface area contributed by atoms with E-state index in [2.05, 4.69) is 0 Å². The minimum Gasteiger partial charge on any atom is -0.323 e. The van der Waals surface area contributed by atoms with Gasteiger partial charge in [-0.15, -0.1) is 0 Å². The Labute approximate surface area is 67.0 Å². The molecule has 0 rings (SSSR count). The first kappa shape index (κ1) is 11.1. The van der Waals surface area contributed by atoms with E-state index in [-0.39, 0.29) is 5.92 Å². The summed E-state index contributed by atoms with van der Waals surface area (Å²) in [5, 5.41) is 0. The number of nitrogens with two attached hydrogens (primary N) is 1. The van der Waals surface area contributed by atoms with E-state index in [9.17, 15) is 4.57 Å². The highest BCUT2D eigenvalue weighted by Crippen LogP contribution is 2.42. The molecule has 0 heterocycles. The maximum absolute atomic E-state index is 10.6. The van der Waals surface area contributed by atoms with Crippen LogP contribution >= 0.6 is 7.60 Å². The van der Waals surface area contributed by atoms with Crippen LogP contribution in [-0.4, -0.2) is 15.6 Å². The summed E-state index contributed by atoms with van der Waals surface area (Å²) in [5.41, 5.74) is 5.32. The molecule has 0 bridgehead atoms. The molecule has 0 saturated heterocycles. The van der Waals surface area contributed by atoms with Crippen LogP contribution in [0.2, 0.25) is 0 Å². The maximum Gasteiger partial charge on any atom is 0.342 e. The van der Waals surface area contributed by atoms with E-state index >= 15 is 0 Å². The average Bonchev–Trinajstić information content (AvgIpc) is 1.85. The highest BCUT2D eigenvalue weighted by atomic mass is 31.2. The van der Waals surface area contributed by atoms with Crippen molar-refractivity contribution < 1.29 is 14.4 Å².